The molecule has 1 N–H and O–H groups in total. The van der Waals surface area contributed by atoms with Gasteiger partial charge in [0.25, 0.3) is 5.91 Å². The van der Waals surface area contributed by atoms with Crippen LogP contribution in [-0.4, -0.2) is 36.0 Å². The number of nitriles is 1. The molecule has 1 fully saturated rings. The summed E-state index contributed by atoms with van der Waals surface area (Å²) in [6.45, 7) is 4.20. The maximum absolute atomic E-state index is 12.0. The van der Waals surface area contributed by atoms with Gasteiger partial charge in [0.1, 0.15) is 18.4 Å². The SMILES string of the molecule is CC(C)[C@@H]1NC(=O)N(CCOc2ccc(C#N)cc2)C1=O. The number of nitrogens with zero attached hydrogens (tertiary/aromatic N) is 2. The predicted octanol–water partition coefficient (Wildman–Crippen LogP) is 1.51. The van der Waals surface area contributed by atoms with Crippen molar-refractivity contribution >= 4 is 11.9 Å². The van der Waals surface area contributed by atoms with Gasteiger partial charge < -0.3 is 10.1 Å². The molecule has 1 aliphatic heterocycles. The second-order valence-corrected chi connectivity index (χ2v) is 5.15. The summed E-state index contributed by atoms with van der Waals surface area (Å²) in [5.74, 6) is 0.450. The molecule has 110 valence electrons. The summed E-state index contributed by atoms with van der Waals surface area (Å²) in [4.78, 5) is 24.9. The van der Waals surface area contributed by atoms with Gasteiger partial charge in [0, 0.05) is 0 Å². The molecule has 0 bridgehead atoms. The van der Waals surface area contributed by atoms with Crippen molar-refractivity contribution in [3.8, 4) is 11.8 Å². The number of rotatable bonds is 5. The lowest BCUT2D eigenvalue weighted by molar-refractivity contribution is -0.128. The van der Waals surface area contributed by atoms with Gasteiger partial charge >= 0.3 is 6.03 Å². The summed E-state index contributed by atoms with van der Waals surface area (Å²) in [6, 6.07) is 7.86. The van der Waals surface area contributed by atoms with E-state index < -0.39 is 6.04 Å². The van der Waals surface area contributed by atoms with Gasteiger partial charge in [-0.3, -0.25) is 9.69 Å². The van der Waals surface area contributed by atoms with Crippen molar-refractivity contribution in [2.75, 3.05) is 13.2 Å². The number of ether oxygens (including phenoxy) is 1. The van der Waals surface area contributed by atoms with Crippen molar-refractivity contribution in [1.29, 1.82) is 5.26 Å². The molecule has 0 spiro atoms. The number of hydrogen-bond donors (Lipinski definition) is 1. The number of amides is 3. The van der Waals surface area contributed by atoms with E-state index in [1.165, 1.54) is 4.90 Å². The average molecular weight is 287 g/mol. The molecular weight excluding hydrogens is 270 g/mol. The molecule has 1 aromatic rings. The first-order chi connectivity index (χ1) is 10.0. The Morgan fingerprint density at radius 3 is 2.52 bits per heavy atom. The minimum atomic E-state index is -0.451. The van der Waals surface area contributed by atoms with Crippen LogP contribution >= 0.6 is 0 Å². The number of nitrogens with one attached hydrogen (secondary N) is 1. The van der Waals surface area contributed by atoms with E-state index in [1.54, 1.807) is 24.3 Å². The second-order valence-electron chi connectivity index (χ2n) is 5.15. The number of urea groups is 1. The van der Waals surface area contributed by atoms with E-state index in [0.29, 0.717) is 11.3 Å². The molecule has 1 heterocycles. The second kappa shape index (κ2) is 6.27. The Labute approximate surface area is 123 Å². The largest absolute Gasteiger partial charge is 0.492 e. The monoisotopic (exact) mass is 287 g/mol. The number of carbonyl (C=O) groups is 2. The van der Waals surface area contributed by atoms with Crippen molar-refractivity contribution in [2.45, 2.75) is 19.9 Å². The lowest BCUT2D eigenvalue weighted by Crippen LogP contribution is -2.36. The molecule has 6 nitrogen and oxygen atoms in total. The summed E-state index contributed by atoms with van der Waals surface area (Å²) in [5, 5.41) is 11.4. The Kier molecular flexibility index (Phi) is 4.43. The first kappa shape index (κ1) is 14.9. The normalized spacial score (nSPS) is 17.8. The fourth-order valence-electron chi connectivity index (χ4n) is 2.08. The van der Waals surface area contributed by atoms with Crippen molar-refractivity contribution in [3.05, 3.63) is 29.8 Å². The average Bonchev–Trinajstić information content (AvgIpc) is 2.76. The van der Waals surface area contributed by atoms with Gasteiger partial charge in [0.2, 0.25) is 0 Å². The highest BCUT2D eigenvalue weighted by Crippen LogP contribution is 2.15. The van der Waals surface area contributed by atoms with Crippen LogP contribution in [0.5, 0.6) is 5.75 Å². The highest BCUT2D eigenvalue weighted by atomic mass is 16.5. The lowest BCUT2D eigenvalue weighted by Gasteiger charge is -2.14. The molecule has 2 rings (SSSR count). The molecule has 0 radical (unpaired) electrons. The van der Waals surface area contributed by atoms with Crippen LogP contribution in [0.1, 0.15) is 19.4 Å². The van der Waals surface area contributed by atoms with E-state index in [9.17, 15) is 9.59 Å². The molecule has 1 atom stereocenters. The van der Waals surface area contributed by atoms with Gasteiger partial charge in [-0.25, -0.2) is 4.79 Å². The van der Waals surface area contributed by atoms with Crippen molar-refractivity contribution < 1.29 is 14.3 Å². The topological polar surface area (TPSA) is 82.4 Å². The van der Waals surface area contributed by atoms with Crippen molar-refractivity contribution in [2.24, 2.45) is 5.92 Å². The first-order valence-electron chi connectivity index (χ1n) is 6.77. The molecule has 0 saturated carbocycles. The van der Waals surface area contributed by atoms with E-state index in [2.05, 4.69) is 5.32 Å². The van der Waals surface area contributed by atoms with Crippen LogP contribution in [0.3, 0.4) is 0 Å². The maximum Gasteiger partial charge on any atom is 0.324 e. The van der Waals surface area contributed by atoms with Gasteiger partial charge in [0.05, 0.1) is 18.2 Å². The number of imide groups is 1. The fourth-order valence-corrected chi connectivity index (χ4v) is 2.08. The minimum absolute atomic E-state index is 0.0610. The van der Waals surface area contributed by atoms with E-state index in [4.69, 9.17) is 10.00 Å². The third-order valence-corrected chi connectivity index (χ3v) is 3.29. The van der Waals surface area contributed by atoms with E-state index in [0.717, 1.165) is 0 Å². The predicted molar refractivity (Wildman–Crippen MR) is 75.5 cm³/mol. The first-order valence-corrected chi connectivity index (χ1v) is 6.77. The van der Waals surface area contributed by atoms with Gasteiger partial charge in [-0.1, -0.05) is 13.8 Å². The van der Waals surface area contributed by atoms with Crippen LogP contribution in [0.2, 0.25) is 0 Å². The van der Waals surface area contributed by atoms with Crippen LogP contribution in [0, 0.1) is 17.2 Å². The molecule has 0 aromatic heterocycles. The zero-order valence-electron chi connectivity index (χ0n) is 12.0. The smallest absolute Gasteiger partial charge is 0.324 e. The van der Waals surface area contributed by atoms with Crippen molar-refractivity contribution in [1.82, 2.24) is 10.2 Å². The van der Waals surface area contributed by atoms with Gasteiger partial charge in [-0.2, -0.15) is 5.26 Å². The number of benzene rings is 1. The van der Waals surface area contributed by atoms with Crippen LogP contribution in [-0.2, 0) is 4.79 Å². The molecule has 21 heavy (non-hydrogen) atoms. The van der Waals surface area contributed by atoms with Gasteiger partial charge in [0.15, 0.2) is 0 Å². The van der Waals surface area contributed by atoms with Crippen LogP contribution in [0.15, 0.2) is 24.3 Å². The molecule has 6 heteroatoms. The summed E-state index contributed by atoms with van der Waals surface area (Å²) in [7, 11) is 0. The summed E-state index contributed by atoms with van der Waals surface area (Å²) < 4.78 is 5.48. The van der Waals surface area contributed by atoms with E-state index >= 15 is 0 Å². The molecule has 1 aliphatic rings. The summed E-state index contributed by atoms with van der Waals surface area (Å²) in [6.07, 6.45) is 0. The standard InChI is InChI=1S/C15H17N3O3/c1-10(2)13-14(19)18(15(20)17-13)7-8-21-12-5-3-11(9-16)4-6-12/h3-6,10,13H,7-8H2,1-2H3,(H,17,20)/t13-/m0/s1. The van der Waals surface area contributed by atoms with E-state index in [-0.39, 0.29) is 31.0 Å². The molecule has 1 saturated heterocycles. The highest BCUT2D eigenvalue weighted by Gasteiger charge is 2.39. The number of carbonyl (C=O) groups excluding carboxylic acids is 2. The fraction of sp³-hybridized carbons (Fsp3) is 0.400. The zero-order chi connectivity index (χ0) is 15.4. The molecule has 1 aromatic carbocycles. The van der Waals surface area contributed by atoms with Gasteiger partial charge in [-0.05, 0) is 30.2 Å². The van der Waals surface area contributed by atoms with Crippen LogP contribution in [0.25, 0.3) is 0 Å². The third-order valence-electron chi connectivity index (χ3n) is 3.29. The summed E-state index contributed by atoms with van der Waals surface area (Å²) in [5.41, 5.74) is 0.552. The Bertz CT molecular complexity index is 575. The Hall–Kier alpha value is -2.55. The van der Waals surface area contributed by atoms with Crippen molar-refractivity contribution in [3.63, 3.8) is 0 Å². The maximum atomic E-state index is 12.0. The molecule has 3 amide bonds. The van der Waals surface area contributed by atoms with Gasteiger partial charge in [-0.15, -0.1) is 0 Å². The Morgan fingerprint density at radius 2 is 2.00 bits per heavy atom. The number of hydrogen-bond acceptors (Lipinski definition) is 4. The highest BCUT2D eigenvalue weighted by molar-refractivity contribution is 6.04. The van der Waals surface area contributed by atoms with Crippen LogP contribution < -0.4 is 10.1 Å². The Morgan fingerprint density at radius 1 is 1.33 bits per heavy atom. The zero-order valence-corrected chi connectivity index (χ0v) is 12.0. The van der Waals surface area contributed by atoms with E-state index in [1.807, 2.05) is 19.9 Å². The molecular formula is C15H17N3O3. The summed E-state index contributed by atoms with van der Waals surface area (Å²) >= 11 is 0. The molecule has 0 unspecified atom stereocenters. The molecule has 0 aliphatic carbocycles. The minimum Gasteiger partial charge on any atom is -0.492 e. The third kappa shape index (κ3) is 3.31. The lowest BCUT2D eigenvalue weighted by atomic mass is 10.1. The quantitative estimate of drug-likeness (QED) is 0.832. The van der Waals surface area contributed by atoms with Crippen LogP contribution in [0.4, 0.5) is 4.79 Å². The Balaban J connectivity index is 1.87.